The molecule has 0 radical (unpaired) electrons. The van der Waals surface area contributed by atoms with Gasteiger partial charge in [0, 0.05) is 0 Å². The fourth-order valence-corrected chi connectivity index (χ4v) is 3.47. The minimum Gasteiger partial charge on any atom is -0.496 e. The molecule has 0 aliphatic rings. The van der Waals surface area contributed by atoms with Gasteiger partial charge in [0.1, 0.15) is 11.5 Å². The number of nitrogens with two attached hydrogens (primary N) is 1. The maximum Gasteiger partial charge on any atom is 0.351 e. The van der Waals surface area contributed by atoms with E-state index >= 15 is 0 Å². The van der Waals surface area contributed by atoms with Gasteiger partial charge in [-0.3, -0.25) is 4.57 Å². The predicted octanol–water partition coefficient (Wildman–Crippen LogP) is 3.23. The van der Waals surface area contributed by atoms with Crippen molar-refractivity contribution in [2.45, 2.75) is 26.6 Å². The largest absolute Gasteiger partial charge is 0.496 e. The lowest BCUT2D eigenvalue weighted by atomic mass is 10.1. The van der Waals surface area contributed by atoms with Gasteiger partial charge < -0.3 is 19.5 Å². The summed E-state index contributed by atoms with van der Waals surface area (Å²) in [5, 5.41) is 0. The van der Waals surface area contributed by atoms with Crippen molar-refractivity contribution in [2.75, 3.05) is 20.3 Å². The van der Waals surface area contributed by atoms with Crippen LogP contribution in [-0.2, 0) is 13.6 Å². The van der Waals surface area contributed by atoms with Crippen LogP contribution in [0.1, 0.15) is 30.8 Å². The average molecular weight is 287 g/mol. The van der Waals surface area contributed by atoms with Crippen LogP contribution in [0.4, 0.5) is 0 Å². The van der Waals surface area contributed by atoms with E-state index in [0.29, 0.717) is 18.8 Å². The molecule has 0 aliphatic carbocycles. The Hall–Kier alpha value is -0.870. The summed E-state index contributed by atoms with van der Waals surface area (Å²) in [5.74, 6) is -0.0318. The third kappa shape index (κ3) is 3.80. The Balaban J connectivity index is 3.06. The smallest absolute Gasteiger partial charge is 0.351 e. The zero-order valence-electron chi connectivity index (χ0n) is 11.9. The SMILES string of the molecule is CCOP(=O)(OCC)[C@H](N)c1ccc(OC)c(C)c1. The third-order valence-electron chi connectivity index (χ3n) is 2.72. The van der Waals surface area contributed by atoms with Crippen LogP contribution in [-0.4, -0.2) is 20.3 Å². The van der Waals surface area contributed by atoms with Crippen molar-refractivity contribution >= 4 is 7.60 Å². The molecule has 0 bridgehead atoms. The summed E-state index contributed by atoms with van der Waals surface area (Å²) in [6.07, 6.45) is 0. The second-order valence-corrected chi connectivity index (χ2v) is 6.20. The van der Waals surface area contributed by atoms with Gasteiger partial charge in [-0.15, -0.1) is 0 Å². The first-order chi connectivity index (χ1) is 8.98. The highest BCUT2D eigenvalue weighted by Crippen LogP contribution is 2.58. The van der Waals surface area contributed by atoms with Crippen molar-refractivity contribution in [1.82, 2.24) is 0 Å². The van der Waals surface area contributed by atoms with E-state index in [-0.39, 0.29) is 0 Å². The predicted molar refractivity (Wildman–Crippen MR) is 75.5 cm³/mol. The van der Waals surface area contributed by atoms with Crippen molar-refractivity contribution in [2.24, 2.45) is 5.73 Å². The Labute approximate surface area is 114 Å². The number of rotatable bonds is 7. The molecular weight excluding hydrogens is 265 g/mol. The molecule has 0 amide bonds. The molecule has 0 fully saturated rings. The molecule has 0 aliphatic heterocycles. The van der Waals surface area contributed by atoms with Crippen LogP contribution in [0.2, 0.25) is 0 Å². The maximum atomic E-state index is 12.6. The highest BCUT2D eigenvalue weighted by molar-refractivity contribution is 7.54. The number of aryl methyl sites for hydroxylation is 1. The zero-order chi connectivity index (χ0) is 14.5. The van der Waals surface area contributed by atoms with Crippen LogP contribution in [0.5, 0.6) is 5.75 Å². The first-order valence-corrected chi connectivity index (χ1v) is 7.88. The lowest BCUT2D eigenvalue weighted by Gasteiger charge is -2.23. The average Bonchev–Trinajstić information content (AvgIpc) is 2.38. The lowest BCUT2D eigenvalue weighted by molar-refractivity contribution is 0.212. The summed E-state index contributed by atoms with van der Waals surface area (Å²) in [5.41, 5.74) is 7.69. The molecule has 0 saturated heterocycles. The van der Waals surface area contributed by atoms with Crippen LogP contribution in [0, 0.1) is 6.92 Å². The Kier molecular flexibility index (Phi) is 6.01. The van der Waals surface area contributed by atoms with Crippen molar-refractivity contribution in [3.05, 3.63) is 29.3 Å². The van der Waals surface area contributed by atoms with Gasteiger partial charge >= 0.3 is 7.60 Å². The maximum absolute atomic E-state index is 12.6. The molecule has 0 spiro atoms. The summed E-state index contributed by atoms with van der Waals surface area (Å²) < 4.78 is 28.3. The van der Waals surface area contributed by atoms with Crippen LogP contribution in [0.3, 0.4) is 0 Å². The topological polar surface area (TPSA) is 70.8 Å². The zero-order valence-corrected chi connectivity index (χ0v) is 12.8. The van der Waals surface area contributed by atoms with Crippen LogP contribution >= 0.6 is 7.60 Å². The summed E-state index contributed by atoms with van der Waals surface area (Å²) in [6.45, 7) is 6.01. The summed E-state index contributed by atoms with van der Waals surface area (Å²) in [6, 6.07) is 5.42. The molecule has 0 heterocycles. The van der Waals surface area contributed by atoms with E-state index in [2.05, 4.69) is 0 Å². The Morgan fingerprint density at radius 1 is 1.26 bits per heavy atom. The number of methoxy groups -OCH3 is 1. The molecular formula is C13H22NO4P. The van der Waals surface area contributed by atoms with Gasteiger partial charge in [0.15, 0.2) is 0 Å². The van der Waals surface area contributed by atoms with Crippen LogP contribution in [0.25, 0.3) is 0 Å². The second kappa shape index (κ2) is 7.06. The third-order valence-corrected chi connectivity index (χ3v) is 4.93. The molecule has 0 saturated carbocycles. The van der Waals surface area contributed by atoms with E-state index in [1.54, 1.807) is 33.1 Å². The molecule has 1 aromatic carbocycles. The molecule has 2 N–H and O–H groups in total. The van der Waals surface area contributed by atoms with Gasteiger partial charge in [0.25, 0.3) is 0 Å². The number of hydrogen-bond acceptors (Lipinski definition) is 5. The van der Waals surface area contributed by atoms with Gasteiger partial charge in [-0.1, -0.05) is 12.1 Å². The monoisotopic (exact) mass is 287 g/mol. The van der Waals surface area contributed by atoms with Crippen molar-refractivity contribution in [3.8, 4) is 5.75 Å². The number of ether oxygens (including phenoxy) is 1. The molecule has 1 aromatic rings. The first kappa shape index (κ1) is 16.2. The second-order valence-electron chi connectivity index (χ2n) is 4.05. The minimum absolute atomic E-state index is 0.292. The van der Waals surface area contributed by atoms with E-state index in [0.717, 1.165) is 11.3 Å². The molecule has 1 rings (SSSR count). The highest BCUT2D eigenvalue weighted by atomic mass is 31.2. The van der Waals surface area contributed by atoms with Crippen LogP contribution in [0.15, 0.2) is 18.2 Å². The van der Waals surface area contributed by atoms with Gasteiger partial charge in [-0.25, -0.2) is 0 Å². The molecule has 5 nitrogen and oxygen atoms in total. The highest BCUT2D eigenvalue weighted by Gasteiger charge is 2.34. The summed E-state index contributed by atoms with van der Waals surface area (Å²) in [7, 11) is -1.73. The molecule has 19 heavy (non-hydrogen) atoms. The molecule has 6 heteroatoms. The van der Waals surface area contributed by atoms with E-state index in [9.17, 15) is 4.57 Å². The number of hydrogen-bond donors (Lipinski definition) is 1. The van der Waals surface area contributed by atoms with Crippen LogP contribution < -0.4 is 10.5 Å². The lowest BCUT2D eigenvalue weighted by Crippen LogP contribution is -2.15. The van der Waals surface area contributed by atoms with Crippen molar-refractivity contribution in [3.63, 3.8) is 0 Å². The van der Waals surface area contributed by atoms with Gasteiger partial charge in [0.2, 0.25) is 0 Å². The molecule has 0 aromatic heterocycles. The Morgan fingerprint density at radius 3 is 2.26 bits per heavy atom. The standard InChI is InChI=1S/C13H22NO4P/c1-5-17-19(15,18-6-2)13(14)11-7-8-12(16-4)10(3)9-11/h7-9,13H,5-6,14H2,1-4H3/t13-/m0/s1. The molecule has 1 atom stereocenters. The van der Waals surface area contributed by atoms with Gasteiger partial charge in [-0.2, -0.15) is 0 Å². The number of benzene rings is 1. The molecule has 0 unspecified atom stereocenters. The Bertz CT molecular complexity index is 454. The first-order valence-electron chi connectivity index (χ1n) is 6.27. The fourth-order valence-electron chi connectivity index (χ4n) is 1.83. The quantitative estimate of drug-likeness (QED) is 0.780. The van der Waals surface area contributed by atoms with Crippen molar-refractivity contribution < 1.29 is 18.3 Å². The van der Waals surface area contributed by atoms with E-state index in [1.807, 2.05) is 13.0 Å². The van der Waals surface area contributed by atoms with Gasteiger partial charge in [-0.05, 0) is 38.0 Å². The summed E-state index contributed by atoms with van der Waals surface area (Å²) in [4.78, 5) is 0. The van der Waals surface area contributed by atoms with Crippen molar-refractivity contribution in [1.29, 1.82) is 0 Å². The van der Waals surface area contributed by atoms with E-state index < -0.39 is 13.4 Å². The minimum atomic E-state index is -3.34. The summed E-state index contributed by atoms with van der Waals surface area (Å²) >= 11 is 0. The normalized spacial score (nSPS) is 13.3. The Morgan fingerprint density at radius 2 is 1.84 bits per heavy atom. The fraction of sp³-hybridized carbons (Fsp3) is 0.538. The van der Waals surface area contributed by atoms with E-state index in [4.69, 9.17) is 19.5 Å². The van der Waals surface area contributed by atoms with Gasteiger partial charge in [0.05, 0.1) is 20.3 Å². The van der Waals surface area contributed by atoms with E-state index in [1.165, 1.54) is 0 Å². The molecule has 108 valence electrons.